The number of hydrogen-bond acceptors (Lipinski definition) is 5. The molecule has 1 amide bonds. The van der Waals surface area contributed by atoms with Crippen LogP contribution < -0.4 is 14.4 Å². The number of carbonyl (C=O) groups excluding carboxylic acids is 1. The molecule has 0 fully saturated rings. The minimum atomic E-state index is -3.66. The molecule has 0 radical (unpaired) electrons. The zero-order valence-electron chi connectivity index (χ0n) is 14.3. The molecule has 0 aliphatic rings. The minimum absolute atomic E-state index is 0.389. The smallest absolute Gasteiger partial charge is 0.248 e. The molecule has 1 N–H and O–H groups in total. The zero-order chi connectivity index (χ0) is 18.4. The van der Waals surface area contributed by atoms with E-state index in [4.69, 9.17) is 4.74 Å². The number of hydrogen-bond donors (Lipinski definition) is 1. The Bertz CT molecular complexity index is 808. The summed E-state index contributed by atoms with van der Waals surface area (Å²) in [5.41, 5.74) is 0.888. The summed E-state index contributed by atoms with van der Waals surface area (Å²) in [5, 5.41) is 2.66. The molecular weight excluding hydrogens is 342 g/mol. The van der Waals surface area contributed by atoms with Crippen molar-refractivity contribution in [3.63, 3.8) is 0 Å². The van der Waals surface area contributed by atoms with Crippen LogP contribution in [0.3, 0.4) is 0 Å². The minimum Gasteiger partial charge on any atom is -0.494 e. The molecular formula is C17H21N3O4S. The van der Waals surface area contributed by atoms with E-state index < -0.39 is 22.0 Å². The van der Waals surface area contributed by atoms with Crippen molar-refractivity contribution in [2.75, 3.05) is 22.5 Å². The lowest BCUT2D eigenvalue weighted by molar-refractivity contribution is -0.116. The van der Waals surface area contributed by atoms with E-state index in [1.165, 1.54) is 13.1 Å². The van der Waals surface area contributed by atoms with Crippen LogP contribution in [0.15, 0.2) is 48.8 Å². The second-order valence-electron chi connectivity index (χ2n) is 5.39. The maximum Gasteiger partial charge on any atom is 0.248 e. The average Bonchev–Trinajstić information content (AvgIpc) is 2.56. The van der Waals surface area contributed by atoms with E-state index in [2.05, 4.69) is 10.3 Å². The number of benzene rings is 1. The Morgan fingerprint density at radius 3 is 2.48 bits per heavy atom. The van der Waals surface area contributed by atoms with E-state index in [0.717, 1.165) is 10.6 Å². The molecule has 1 heterocycles. The Balaban J connectivity index is 2.26. The van der Waals surface area contributed by atoms with Gasteiger partial charge in [0.1, 0.15) is 11.8 Å². The summed E-state index contributed by atoms with van der Waals surface area (Å²) in [6.07, 6.45) is 4.14. The average molecular weight is 363 g/mol. The fourth-order valence-corrected chi connectivity index (χ4v) is 3.52. The SMILES string of the molecule is CCOc1ccc(N([C@H](C)C(=O)Nc2cccnc2)S(C)(=O)=O)cc1. The quantitative estimate of drug-likeness (QED) is 0.815. The van der Waals surface area contributed by atoms with E-state index in [1.807, 2.05) is 6.92 Å². The van der Waals surface area contributed by atoms with Crippen molar-refractivity contribution in [3.8, 4) is 5.75 Å². The van der Waals surface area contributed by atoms with E-state index in [-0.39, 0.29) is 0 Å². The van der Waals surface area contributed by atoms with Crippen LogP contribution >= 0.6 is 0 Å². The van der Waals surface area contributed by atoms with Crippen LogP contribution in [0.1, 0.15) is 13.8 Å². The van der Waals surface area contributed by atoms with Gasteiger partial charge in [0.25, 0.3) is 0 Å². The Morgan fingerprint density at radius 1 is 1.28 bits per heavy atom. The number of ether oxygens (including phenoxy) is 1. The molecule has 0 bridgehead atoms. The normalized spacial score (nSPS) is 12.3. The first-order valence-corrected chi connectivity index (χ1v) is 9.61. The Labute approximate surface area is 147 Å². The van der Waals surface area contributed by atoms with Crippen molar-refractivity contribution in [3.05, 3.63) is 48.8 Å². The molecule has 7 nitrogen and oxygen atoms in total. The maximum absolute atomic E-state index is 12.5. The fraction of sp³-hybridized carbons (Fsp3) is 0.294. The predicted molar refractivity (Wildman–Crippen MR) is 97.3 cm³/mol. The summed E-state index contributed by atoms with van der Waals surface area (Å²) >= 11 is 0. The van der Waals surface area contributed by atoms with Crippen LogP contribution in [0.2, 0.25) is 0 Å². The van der Waals surface area contributed by atoms with Crippen LogP contribution in [-0.4, -0.2) is 38.2 Å². The highest BCUT2D eigenvalue weighted by molar-refractivity contribution is 7.92. The highest BCUT2D eigenvalue weighted by Crippen LogP contribution is 2.24. The van der Waals surface area contributed by atoms with Gasteiger partial charge in [0, 0.05) is 6.20 Å². The van der Waals surface area contributed by atoms with Crippen LogP contribution in [-0.2, 0) is 14.8 Å². The van der Waals surface area contributed by atoms with Gasteiger partial charge in [-0.3, -0.25) is 14.1 Å². The van der Waals surface area contributed by atoms with Crippen LogP contribution in [0.4, 0.5) is 11.4 Å². The highest BCUT2D eigenvalue weighted by Gasteiger charge is 2.29. The van der Waals surface area contributed by atoms with Gasteiger partial charge in [0.2, 0.25) is 15.9 Å². The molecule has 1 aromatic carbocycles. The standard InChI is InChI=1S/C17H21N3O4S/c1-4-24-16-9-7-15(8-10-16)20(25(3,22)23)13(2)17(21)19-14-6-5-11-18-12-14/h5-13H,4H2,1-3H3,(H,19,21)/t13-/m1/s1. The van der Waals surface area contributed by atoms with Crippen molar-refractivity contribution < 1.29 is 17.9 Å². The van der Waals surface area contributed by atoms with Gasteiger partial charge < -0.3 is 10.1 Å². The second-order valence-corrected chi connectivity index (χ2v) is 7.25. The van der Waals surface area contributed by atoms with E-state index in [0.29, 0.717) is 23.7 Å². The van der Waals surface area contributed by atoms with Crippen molar-refractivity contribution in [2.24, 2.45) is 0 Å². The first-order chi connectivity index (χ1) is 11.8. The molecule has 0 saturated carbocycles. The molecule has 1 atom stereocenters. The summed E-state index contributed by atoms with van der Waals surface area (Å²) in [4.78, 5) is 16.4. The van der Waals surface area contributed by atoms with E-state index in [9.17, 15) is 13.2 Å². The summed E-state index contributed by atoms with van der Waals surface area (Å²) in [5.74, 6) is 0.180. The lowest BCUT2D eigenvalue weighted by atomic mass is 10.2. The van der Waals surface area contributed by atoms with Crippen LogP contribution in [0.25, 0.3) is 0 Å². The van der Waals surface area contributed by atoms with Crippen LogP contribution in [0, 0.1) is 0 Å². The molecule has 0 saturated heterocycles. The number of nitrogens with zero attached hydrogens (tertiary/aromatic N) is 2. The summed E-state index contributed by atoms with van der Waals surface area (Å²) in [7, 11) is -3.66. The van der Waals surface area contributed by atoms with E-state index >= 15 is 0 Å². The molecule has 2 aromatic rings. The number of aromatic nitrogens is 1. The summed E-state index contributed by atoms with van der Waals surface area (Å²) in [6, 6.07) is 8.99. The van der Waals surface area contributed by atoms with Gasteiger partial charge in [0.05, 0.1) is 30.4 Å². The number of amides is 1. The Hall–Kier alpha value is -2.61. The van der Waals surface area contributed by atoms with Gasteiger partial charge in [-0.1, -0.05) is 0 Å². The first kappa shape index (κ1) is 18.7. The number of nitrogens with one attached hydrogen (secondary N) is 1. The van der Waals surface area contributed by atoms with Crippen LogP contribution in [0.5, 0.6) is 5.75 Å². The molecule has 25 heavy (non-hydrogen) atoms. The first-order valence-electron chi connectivity index (χ1n) is 7.76. The molecule has 0 unspecified atom stereocenters. The molecule has 134 valence electrons. The Kier molecular flexibility index (Phi) is 5.97. The maximum atomic E-state index is 12.5. The van der Waals surface area contributed by atoms with Crippen molar-refractivity contribution in [1.82, 2.24) is 4.98 Å². The Morgan fingerprint density at radius 2 is 1.96 bits per heavy atom. The van der Waals surface area contributed by atoms with E-state index in [1.54, 1.807) is 42.6 Å². The molecule has 0 spiro atoms. The van der Waals surface area contributed by atoms with Gasteiger partial charge in [0.15, 0.2) is 0 Å². The number of rotatable bonds is 7. The van der Waals surface area contributed by atoms with Crippen molar-refractivity contribution in [1.29, 1.82) is 0 Å². The zero-order valence-corrected chi connectivity index (χ0v) is 15.2. The van der Waals surface area contributed by atoms with Gasteiger partial charge in [-0.05, 0) is 50.2 Å². The molecule has 1 aromatic heterocycles. The topological polar surface area (TPSA) is 88.6 Å². The number of anilines is 2. The largest absolute Gasteiger partial charge is 0.494 e. The third kappa shape index (κ3) is 4.93. The van der Waals surface area contributed by atoms with Crippen molar-refractivity contribution in [2.45, 2.75) is 19.9 Å². The van der Waals surface area contributed by atoms with Crippen molar-refractivity contribution >= 4 is 27.3 Å². The summed E-state index contributed by atoms with van der Waals surface area (Å²) < 4.78 is 30.9. The number of carbonyl (C=O) groups is 1. The predicted octanol–water partition coefficient (Wildman–Crippen LogP) is 2.27. The monoisotopic (exact) mass is 363 g/mol. The van der Waals surface area contributed by atoms with Gasteiger partial charge in [-0.15, -0.1) is 0 Å². The second kappa shape index (κ2) is 7.98. The summed E-state index contributed by atoms with van der Waals surface area (Å²) in [6.45, 7) is 3.91. The number of pyridine rings is 1. The highest BCUT2D eigenvalue weighted by atomic mass is 32.2. The van der Waals surface area contributed by atoms with Gasteiger partial charge >= 0.3 is 0 Å². The fourth-order valence-electron chi connectivity index (χ4n) is 2.35. The molecule has 2 rings (SSSR count). The lowest BCUT2D eigenvalue weighted by Gasteiger charge is -2.28. The third-order valence-corrected chi connectivity index (χ3v) is 4.66. The molecule has 8 heteroatoms. The molecule has 0 aliphatic carbocycles. The van der Waals surface area contributed by atoms with Gasteiger partial charge in [-0.2, -0.15) is 0 Å². The lowest BCUT2D eigenvalue weighted by Crippen LogP contribution is -2.45. The third-order valence-electron chi connectivity index (χ3n) is 3.42. The van der Waals surface area contributed by atoms with Gasteiger partial charge in [-0.25, -0.2) is 8.42 Å². The molecule has 0 aliphatic heterocycles. The number of sulfonamides is 1.